The Kier molecular flexibility index (Phi) is 16.6. The quantitative estimate of drug-likeness (QED) is 0.169. The van der Waals surface area contributed by atoms with E-state index in [2.05, 4.69) is 45.0 Å². The maximum atomic E-state index is 3.92. The molecule has 0 bridgehead atoms. The Morgan fingerprint density at radius 3 is 1.50 bits per heavy atom. The van der Waals surface area contributed by atoms with Gasteiger partial charge in [0.25, 0.3) is 0 Å². The highest BCUT2D eigenvalue weighted by molar-refractivity contribution is 6.77. The van der Waals surface area contributed by atoms with Crippen LogP contribution in [0.25, 0.3) is 0 Å². The van der Waals surface area contributed by atoms with Crippen molar-refractivity contribution in [3.8, 4) is 0 Å². The molecule has 0 atom stereocenters. The third-order valence-electron chi connectivity index (χ3n) is 6.00. The Balaban J connectivity index is 3.51. The zero-order valence-corrected chi connectivity index (χ0v) is 21.5. The molecule has 3 heteroatoms. The normalized spacial score (nSPS) is 12.7. The Bertz CT molecular complexity index is 303. The molecule has 0 heterocycles. The molecule has 0 saturated heterocycles. The first-order valence-electron chi connectivity index (χ1n) is 12.1. The van der Waals surface area contributed by atoms with Crippen LogP contribution in [0.15, 0.2) is 0 Å². The number of hydrogen-bond acceptors (Lipinski definition) is 1. The van der Waals surface area contributed by atoms with E-state index in [1.54, 1.807) is 12.1 Å². The van der Waals surface area contributed by atoms with Crippen LogP contribution >= 0.6 is 0 Å². The van der Waals surface area contributed by atoms with Crippen molar-refractivity contribution in [2.75, 3.05) is 6.54 Å². The molecule has 0 aliphatic carbocycles. The van der Waals surface area contributed by atoms with Gasteiger partial charge in [-0.2, -0.15) is 0 Å². The lowest BCUT2D eigenvalue weighted by Crippen LogP contribution is -2.44. The van der Waals surface area contributed by atoms with Crippen molar-refractivity contribution in [1.82, 2.24) is 4.98 Å². The zero-order valence-electron chi connectivity index (χ0n) is 19.5. The molecule has 0 rings (SSSR count). The highest BCUT2D eigenvalue weighted by atomic mass is 28.3. The van der Waals surface area contributed by atoms with Crippen LogP contribution in [0.1, 0.15) is 97.3 Å². The molecule has 0 fully saturated rings. The summed E-state index contributed by atoms with van der Waals surface area (Å²) in [6.07, 6.45) is 18.7. The minimum Gasteiger partial charge on any atom is -0.337 e. The molecule has 1 nitrogen and oxygen atoms in total. The summed E-state index contributed by atoms with van der Waals surface area (Å²) >= 11 is 0. The van der Waals surface area contributed by atoms with Crippen LogP contribution in [0.4, 0.5) is 0 Å². The molecule has 0 aliphatic rings. The smallest absolute Gasteiger partial charge is 0.119 e. The van der Waals surface area contributed by atoms with Crippen LogP contribution in [0.5, 0.6) is 0 Å². The molecule has 0 amide bonds. The standard InChI is InChI=1S/C23H53NSi2/c1-7-9-11-14-18-21-25(3,4)22-19-15-12-13-16-20-24-26(5,6)23-17-10-8-2/h24H,7-23H2,1-6H3. The van der Waals surface area contributed by atoms with Gasteiger partial charge in [-0.15, -0.1) is 0 Å². The van der Waals surface area contributed by atoms with E-state index < -0.39 is 16.3 Å². The molecule has 0 radical (unpaired) electrons. The molecule has 0 spiro atoms. The maximum absolute atomic E-state index is 3.92. The van der Waals surface area contributed by atoms with Gasteiger partial charge in [0.15, 0.2) is 0 Å². The fourth-order valence-corrected chi connectivity index (χ4v) is 8.75. The molecule has 0 saturated carbocycles. The average molecular weight is 400 g/mol. The predicted octanol–water partition coefficient (Wildman–Crippen LogP) is 8.60. The van der Waals surface area contributed by atoms with Gasteiger partial charge in [-0.25, -0.2) is 0 Å². The highest BCUT2D eigenvalue weighted by Crippen LogP contribution is 2.23. The number of rotatable bonds is 19. The van der Waals surface area contributed by atoms with Crippen LogP contribution in [-0.4, -0.2) is 22.9 Å². The Hall–Kier alpha value is 0.394. The van der Waals surface area contributed by atoms with E-state index in [-0.39, 0.29) is 0 Å². The van der Waals surface area contributed by atoms with Crippen LogP contribution < -0.4 is 4.98 Å². The van der Waals surface area contributed by atoms with Crippen LogP contribution in [0, 0.1) is 0 Å². The molecule has 1 N–H and O–H groups in total. The van der Waals surface area contributed by atoms with Gasteiger partial charge in [-0.1, -0.05) is 129 Å². The second-order valence-corrected chi connectivity index (χ2v) is 20.1. The summed E-state index contributed by atoms with van der Waals surface area (Å²) in [4.78, 5) is 3.92. The fourth-order valence-electron chi connectivity index (χ4n) is 3.92. The molecule has 0 aromatic heterocycles. The monoisotopic (exact) mass is 399 g/mol. The van der Waals surface area contributed by atoms with E-state index in [1.807, 2.05) is 0 Å². The summed E-state index contributed by atoms with van der Waals surface area (Å²) in [6.45, 7) is 16.2. The Morgan fingerprint density at radius 2 is 0.923 bits per heavy atom. The van der Waals surface area contributed by atoms with Gasteiger partial charge in [0.1, 0.15) is 8.24 Å². The van der Waals surface area contributed by atoms with Gasteiger partial charge < -0.3 is 4.98 Å². The van der Waals surface area contributed by atoms with E-state index in [0.717, 1.165) is 0 Å². The topological polar surface area (TPSA) is 12.0 Å². The van der Waals surface area contributed by atoms with Crippen molar-refractivity contribution >= 4 is 16.3 Å². The predicted molar refractivity (Wildman–Crippen MR) is 129 cm³/mol. The average Bonchev–Trinajstić information content (AvgIpc) is 2.57. The largest absolute Gasteiger partial charge is 0.337 e. The van der Waals surface area contributed by atoms with E-state index in [1.165, 1.54) is 96.1 Å². The SMILES string of the molecule is CCCCCCC[Si](C)(C)CCCCCCCN[Si](C)(C)CCCCC. The summed E-state index contributed by atoms with van der Waals surface area (Å²) in [6, 6.07) is 4.59. The molecule has 26 heavy (non-hydrogen) atoms. The highest BCUT2D eigenvalue weighted by Gasteiger charge is 2.19. The van der Waals surface area contributed by atoms with Crippen molar-refractivity contribution < 1.29 is 0 Å². The third-order valence-corrected chi connectivity index (χ3v) is 12.2. The van der Waals surface area contributed by atoms with E-state index in [0.29, 0.717) is 0 Å². The van der Waals surface area contributed by atoms with Crippen molar-refractivity contribution in [1.29, 1.82) is 0 Å². The third kappa shape index (κ3) is 17.8. The summed E-state index contributed by atoms with van der Waals surface area (Å²) in [5.41, 5.74) is 0. The fraction of sp³-hybridized carbons (Fsp3) is 1.00. The van der Waals surface area contributed by atoms with Crippen LogP contribution in [0.3, 0.4) is 0 Å². The number of unbranched alkanes of at least 4 members (excludes halogenated alkanes) is 10. The molecular weight excluding hydrogens is 346 g/mol. The molecule has 0 aliphatic heterocycles. The molecule has 0 unspecified atom stereocenters. The van der Waals surface area contributed by atoms with Crippen LogP contribution in [-0.2, 0) is 0 Å². The molecule has 0 aromatic carbocycles. The second-order valence-electron chi connectivity index (χ2n) is 10.1. The minimum atomic E-state index is -1.11. The van der Waals surface area contributed by atoms with E-state index in [9.17, 15) is 0 Å². The molecule has 158 valence electrons. The van der Waals surface area contributed by atoms with Crippen molar-refractivity contribution in [2.45, 2.75) is 142 Å². The first kappa shape index (κ1) is 26.4. The van der Waals surface area contributed by atoms with Crippen molar-refractivity contribution in [2.24, 2.45) is 0 Å². The van der Waals surface area contributed by atoms with Crippen molar-refractivity contribution in [3.63, 3.8) is 0 Å². The van der Waals surface area contributed by atoms with E-state index >= 15 is 0 Å². The van der Waals surface area contributed by atoms with Crippen molar-refractivity contribution in [3.05, 3.63) is 0 Å². The number of hydrogen-bond donors (Lipinski definition) is 1. The van der Waals surface area contributed by atoms with Gasteiger partial charge in [0.05, 0.1) is 0 Å². The summed E-state index contributed by atoms with van der Waals surface area (Å²) < 4.78 is 0. The minimum absolute atomic E-state index is 0.887. The number of nitrogens with one attached hydrogen (secondary N) is 1. The Morgan fingerprint density at radius 1 is 0.500 bits per heavy atom. The van der Waals surface area contributed by atoms with Gasteiger partial charge >= 0.3 is 0 Å². The first-order chi connectivity index (χ1) is 12.3. The van der Waals surface area contributed by atoms with E-state index in [4.69, 9.17) is 0 Å². The lowest BCUT2D eigenvalue weighted by atomic mass is 10.1. The zero-order chi connectivity index (χ0) is 19.7. The summed E-state index contributed by atoms with van der Waals surface area (Å²) in [7, 11) is -1.99. The molecular formula is C23H53NSi2. The lowest BCUT2D eigenvalue weighted by Gasteiger charge is -2.24. The first-order valence-corrected chi connectivity index (χ1v) is 18.7. The summed E-state index contributed by atoms with van der Waals surface area (Å²) in [5.74, 6) is 0. The van der Waals surface area contributed by atoms with Gasteiger partial charge in [0, 0.05) is 8.07 Å². The lowest BCUT2D eigenvalue weighted by molar-refractivity contribution is 0.618. The van der Waals surface area contributed by atoms with Gasteiger partial charge in [-0.05, 0) is 19.0 Å². The van der Waals surface area contributed by atoms with Gasteiger partial charge in [0.2, 0.25) is 0 Å². The maximum Gasteiger partial charge on any atom is 0.119 e. The Labute approximate surface area is 169 Å². The molecule has 0 aromatic rings. The van der Waals surface area contributed by atoms with Gasteiger partial charge in [-0.3, -0.25) is 0 Å². The second kappa shape index (κ2) is 16.4. The summed E-state index contributed by atoms with van der Waals surface area (Å²) in [5, 5.41) is 0. The van der Waals surface area contributed by atoms with Crippen LogP contribution in [0.2, 0.25) is 44.3 Å².